The molecule has 0 bridgehead atoms. The maximum atomic E-state index is 12.1. The number of hydrogen-bond acceptors (Lipinski definition) is 4. The van der Waals surface area contributed by atoms with Crippen LogP contribution >= 0.6 is 0 Å². The van der Waals surface area contributed by atoms with Crippen molar-refractivity contribution in [3.63, 3.8) is 0 Å². The molecule has 0 saturated heterocycles. The van der Waals surface area contributed by atoms with E-state index in [1.54, 1.807) is 0 Å². The molecule has 0 spiro atoms. The van der Waals surface area contributed by atoms with Gasteiger partial charge in [-0.2, -0.15) is 0 Å². The number of rotatable bonds is 13. The minimum Gasteiger partial charge on any atom is -0.228 e. The van der Waals surface area contributed by atoms with Crippen LogP contribution in [0.1, 0.15) is 72.6 Å². The summed E-state index contributed by atoms with van der Waals surface area (Å²) in [5, 5.41) is -0.686. The van der Waals surface area contributed by atoms with Crippen molar-refractivity contribution in [2.75, 3.05) is 16.6 Å². The lowest BCUT2D eigenvalue weighted by molar-refractivity contribution is 0.519. The van der Waals surface area contributed by atoms with E-state index in [-0.39, 0.29) is 23.3 Å². The summed E-state index contributed by atoms with van der Waals surface area (Å²) < 4.78 is 48.4. The molecule has 0 aromatic carbocycles. The number of hydrogen-bond donors (Lipinski definition) is 0. The Hall–Kier alpha value is -0.100. The van der Waals surface area contributed by atoms with Gasteiger partial charge in [0, 0.05) is 0 Å². The van der Waals surface area contributed by atoms with E-state index in [9.17, 15) is 16.8 Å². The highest BCUT2D eigenvalue weighted by Crippen LogP contribution is 2.16. The van der Waals surface area contributed by atoms with Gasteiger partial charge in [-0.05, 0) is 24.7 Å². The molecule has 0 aliphatic heterocycles. The Morgan fingerprint density at radius 1 is 0.682 bits per heavy atom. The van der Waals surface area contributed by atoms with Crippen molar-refractivity contribution in [1.29, 1.82) is 0 Å². The van der Waals surface area contributed by atoms with Crippen molar-refractivity contribution in [2.45, 2.75) is 72.6 Å². The zero-order valence-corrected chi connectivity index (χ0v) is 16.3. The summed E-state index contributed by atoms with van der Waals surface area (Å²) in [7, 11) is -7.06. The predicted molar refractivity (Wildman–Crippen MR) is 94.4 cm³/mol. The molecule has 0 aliphatic carbocycles. The summed E-state index contributed by atoms with van der Waals surface area (Å²) in [5.74, 6) is 0.0295. The topological polar surface area (TPSA) is 68.3 Å². The first-order chi connectivity index (χ1) is 10.1. The smallest absolute Gasteiger partial charge is 0.164 e. The Kier molecular flexibility index (Phi) is 10.6. The first-order valence-electron chi connectivity index (χ1n) is 8.52. The van der Waals surface area contributed by atoms with Crippen LogP contribution in [0.4, 0.5) is 0 Å². The molecule has 0 aromatic heterocycles. The molecule has 134 valence electrons. The molecule has 0 saturated carbocycles. The van der Waals surface area contributed by atoms with Crippen LogP contribution in [-0.4, -0.2) is 33.4 Å². The second-order valence-corrected chi connectivity index (χ2v) is 11.4. The quantitative estimate of drug-likeness (QED) is 0.472. The van der Waals surface area contributed by atoms with Crippen LogP contribution in [0.2, 0.25) is 0 Å². The molecular formula is C16H34O4S2. The lowest BCUT2D eigenvalue weighted by atomic mass is 10.1. The number of unbranched alkanes of at least 4 members (excludes halogenated alkanes) is 3. The minimum atomic E-state index is -3.53. The van der Waals surface area contributed by atoms with Gasteiger partial charge < -0.3 is 0 Å². The van der Waals surface area contributed by atoms with Crippen molar-refractivity contribution in [3.8, 4) is 0 Å². The second-order valence-electron chi connectivity index (χ2n) is 6.79. The second kappa shape index (κ2) is 10.6. The Labute approximate surface area is 137 Å². The van der Waals surface area contributed by atoms with E-state index in [1.165, 1.54) is 0 Å². The van der Waals surface area contributed by atoms with Gasteiger partial charge in [-0.3, -0.25) is 0 Å². The zero-order chi connectivity index (χ0) is 17.2. The molecule has 6 heteroatoms. The molecule has 4 nitrogen and oxygen atoms in total. The Balaban J connectivity index is 4.43. The molecule has 0 amide bonds. The van der Waals surface area contributed by atoms with Crippen molar-refractivity contribution in [2.24, 2.45) is 11.8 Å². The molecule has 22 heavy (non-hydrogen) atoms. The average Bonchev–Trinajstić information content (AvgIpc) is 2.33. The summed E-state index contributed by atoms with van der Waals surface area (Å²) in [6.45, 7) is 7.94. The first kappa shape index (κ1) is 21.9. The molecule has 2 unspecified atom stereocenters. The van der Waals surface area contributed by atoms with E-state index in [4.69, 9.17) is 0 Å². The molecule has 0 aliphatic rings. The van der Waals surface area contributed by atoms with Crippen LogP contribution in [0.5, 0.6) is 0 Å². The van der Waals surface area contributed by atoms with E-state index in [2.05, 4.69) is 13.8 Å². The van der Waals surface area contributed by atoms with Crippen LogP contribution < -0.4 is 0 Å². The fourth-order valence-corrected chi connectivity index (χ4v) is 7.72. The van der Waals surface area contributed by atoms with Crippen LogP contribution in [0, 0.1) is 11.8 Å². The summed E-state index contributed by atoms with van der Waals surface area (Å²) in [6, 6.07) is 0. The summed E-state index contributed by atoms with van der Waals surface area (Å²) in [4.78, 5) is 0. The minimum absolute atomic E-state index is 0.0146. The van der Waals surface area contributed by atoms with Crippen LogP contribution in [-0.2, 0) is 19.7 Å². The van der Waals surface area contributed by atoms with Crippen molar-refractivity contribution >= 4 is 19.7 Å². The summed E-state index contributed by atoms with van der Waals surface area (Å²) >= 11 is 0. The molecule has 0 heterocycles. The van der Waals surface area contributed by atoms with E-state index < -0.39 is 24.8 Å². The van der Waals surface area contributed by atoms with E-state index in [0.717, 1.165) is 44.9 Å². The normalized spacial score (nSPS) is 15.6. The molecule has 0 fully saturated rings. The van der Waals surface area contributed by atoms with E-state index in [1.807, 2.05) is 13.8 Å². The largest absolute Gasteiger partial charge is 0.228 e. The van der Waals surface area contributed by atoms with Gasteiger partial charge in [-0.15, -0.1) is 0 Å². The third-order valence-corrected chi connectivity index (χ3v) is 8.81. The summed E-state index contributed by atoms with van der Waals surface area (Å²) in [6.07, 6.45) is 6.90. The van der Waals surface area contributed by atoms with Crippen molar-refractivity contribution in [3.05, 3.63) is 0 Å². The maximum Gasteiger partial charge on any atom is 0.164 e. The van der Waals surface area contributed by atoms with Crippen molar-refractivity contribution < 1.29 is 16.8 Å². The predicted octanol–water partition coefficient (Wildman–Crippen LogP) is 3.82. The van der Waals surface area contributed by atoms with Crippen molar-refractivity contribution in [1.82, 2.24) is 0 Å². The third kappa shape index (κ3) is 11.5. The van der Waals surface area contributed by atoms with Gasteiger partial charge in [0.15, 0.2) is 24.8 Å². The average molecular weight is 355 g/mol. The highest BCUT2D eigenvalue weighted by Gasteiger charge is 2.25. The Morgan fingerprint density at radius 3 is 1.50 bits per heavy atom. The van der Waals surface area contributed by atoms with Gasteiger partial charge in [0.2, 0.25) is 0 Å². The zero-order valence-electron chi connectivity index (χ0n) is 14.7. The lowest BCUT2D eigenvalue weighted by Gasteiger charge is -2.14. The molecular weight excluding hydrogens is 320 g/mol. The monoisotopic (exact) mass is 354 g/mol. The summed E-state index contributed by atoms with van der Waals surface area (Å²) in [5.41, 5.74) is 0. The fraction of sp³-hybridized carbons (Fsp3) is 1.00. The molecule has 0 radical (unpaired) electrons. The third-order valence-electron chi connectivity index (χ3n) is 3.79. The Morgan fingerprint density at radius 2 is 1.09 bits per heavy atom. The van der Waals surface area contributed by atoms with Gasteiger partial charge in [-0.1, -0.05) is 59.8 Å². The first-order valence-corrected chi connectivity index (χ1v) is 12.2. The molecule has 2 atom stereocenters. The highest BCUT2D eigenvalue weighted by molar-refractivity contribution is 8.08. The molecule has 0 rings (SSSR count). The fourth-order valence-electron chi connectivity index (χ4n) is 2.70. The standard InChI is InChI=1S/C16H34O4S2/c1-5-7-9-11-16(4)13-22(19,20)14-21(17,18)12-15(3)10-8-6-2/h15-16H,5-14H2,1-4H3. The van der Waals surface area contributed by atoms with Gasteiger partial charge in [0.25, 0.3) is 0 Å². The van der Waals surface area contributed by atoms with E-state index in [0.29, 0.717) is 0 Å². The van der Waals surface area contributed by atoms with Crippen LogP contribution in [0.3, 0.4) is 0 Å². The van der Waals surface area contributed by atoms with Gasteiger partial charge in [-0.25, -0.2) is 16.8 Å². The molecule has 0 aromatic rings. The van der Waals surface area contributed by atoms with Gasteiger partial charge in [0.05, 0.1) is 11.5 Å². The molecule has 0 N–H and O–H groups in total. The van der Waals surface area contributed by atoms with Gasteiger partial charge in [0.1, 0.15) is 0 Å². The Bertz CT molecular complexity index is 480. The maximum absolute atomic E-state index is 12.1. The van der Waals surface area contributed by atoms with Crippen LogP contribution in [0.15, 0.2) is 0 Å². The van der Waals surface area contributed by atoms with E-state index >= 15 is 0 Å². The number of sulfone groups is 2. The van der Waals surface area contributed by atoms with Crippen LogP contribution in [0.25, 0.3) is 0 Å². The van der Waals surface area contributed by atoms with Gasteiger partial charge >= 0.3 is 0 Å². The lowest BCUT2D eigenvalue weighted by Crippen LogP contribution is -2.26. The SMILES string of the molecule is CCCCCC(C)CS(=O)(=O)CS(=O)(=O)CC(C)CCCC. The highest BCUT2D eigenvalue weighted by atomic mass is 32.3.